The smallest absolute Gasteiger partial charge is 0.339 e. The van der Waals surface area contributed by atoms with Crippen molar-refractivity contribution in [1.29, 1.82) is 0 Å². The average Bonchev–Trinajstić information content (AvgIpc) is 2.65. The Kier molecular flexibility index (Phi) is 6.16. The summed E-state index contributed by atoms with van der Waals surface area (Å²) < 4.78 is 11.3. The molecular formula is C21H28N2O4. The van der Waals surface area contributed by atoms with Crippen molar-refractivity contribution in [1.82, 2.24) is 10.2 Å². The van der Waals surface area contributed by atoms with Crippen LogP contribution < -0.4 is 15.7 Å². The molecule has 6 nitrogen and oxygen atoms in total. The number of fused-ring (bicyclic) bond motifs is 3. The van der Waals surface area contributed by atoms with Gasteiger partial charge >= 0.3 is 5.63 Å². The molecule has 1 amide bonds. The monoisotopic (exact) mass is 372 g/mol. The maximum Gasteiger partial charge on any atom is 0.339 e. The molecule has 0 saturated carbocycles. The lowest BCUT2D eigenvalue weighted by molar-refractivity contribution is -0.123. The van der Waals surface area contributed by atoms with E-state index in [0.717, 1.165) is 60.7 Å². The van der Waals surface area contributed by atoms with Crippen LogP contribution in [0.5, 0.6) is 5.75 Å². The standard InChI is InChI=1S/C21H28N2O4/c1-14-18(26-13-19(24)22-11-6-12-23(2)3)10-9-16-15-7-4-5-8-17(15)21(25)27-20(14)16/h9-10H,4-8,11-13H2,1-3H3,(H,22,24). The van der Waals surface area contributed by atoms with Crippen molar-refractivity contribution in [3.8, 4) is 5.75 Å². The van der Waals surface area contributed by atoms with Gasteiger partial charge in [0.1, 0.15) is 11.3 Å². The first-order valence-electron chi connectivity index (χ1n) is 9.59. The zero-order chi connectivity index (χ0) is 19.4. The molecule has 0 saturated heterocycles. The van der Waals surface area contributed by atoms with Crippen LogP contribution in [-0.4, -0.2) is 44.6 Å². The Hall–Kier alpha value is -2.34. The SMILES string of the molecule is Cc1c(OCC(=O)NCCCN(C)C)ccc2c3c(c(=O)oc12)CCCC3. The van der Waals surface area contributed by atoms with Crippen molar-refractivity contribution < 1.29 is 13.9 Å². The highest BCUT2D eigenvalue weighted by Gasteiger charge is 2.20. The molecule has 1 N–H and O–H groups in total. The summed E-state index contributed by atoms with van der Waals surface area (Å²) in [6.45, 7) is 3.36. The third-order valence-electron chi connectivity index (χ3n) is 5.05. The van der Waals surface area contributed by atoms with Crippen LogP contribution in [0.25, 0.3) is 11.0 Å². The van der Waals surface area contributed by atoms with Crippen molar-refractivity contribution in [3.63, 3.8) is 0 Å². The molecule has 2 aromatic rings. The normalized spacial score (nSPS) is 13.6. The Morgan fingerprint density at radius 2 is 1.96 bits per heavy atom. The first-order valence-corrected chi connectivity index (χ1v) is 9.59. The van der Waals surface area contributed by atoms with Gasteiger partial charge in [-0.1, -0.05) is 0 Å². The molecule has 0 atom stereocenters. The molecular weight excluding hydrogens is 344 g/mol. The first kappa shape index (κ1) is 19.4. The number of benzene rings is 1. The number of nitrogens with one attached hydrogen (secondary N) is 1. The number of rotatable bonds is 7. The van der Waals surface area contributed by atoms with E-state index in [1.165, 1.54) is 0 Å². The summed E-state index contributed by atoms with van der Waals surface area (Å²) in [5.74, 6) is 0.421. The number of hydrogen-bond donors (Lipinski definition) is 1. The summed E-state index contributed by atoms with van der Waals surface area (Å²) in [5, 5.41) is 3.84. The third kappa shape index (κ3) is 4.50. The molecule has 0 fully saturated rings. The predicted octanol–water partition coefficient (Wildman–Crippen LogP) is 2.43. The van der Waals surface area contributed by atoms with E-state index in [9.17, 15) is 9.59 Å². The van der Waals surface area contributed by atoms with Crippen molar-refractivity contribution in [2.45, 2.75) is 39.0 Å². The van der Waals surface area contributed by atoms with E-state index in [-0.39, 0.29) is 18.1 Å². The van der Waals surface area contributed by atoms with Gasteiger partial charge in [-0.05, 0) is 77.4 Å². The van der Waals surface area contributed by atoms with Crippen LogP contribution >= 0.6 is 0 Å². The zero-order valence-corrected chi connectivity index (χ0v) is 16.4. The van der Waals surface area contributed by atoms with E-state index in [1.54, 1.807) is 0 Å². The molecule has 0 aliphatic heterocycles. The van der Waals surface area contributed by atoms with Crippen LogP contribution in [0, 0.1) is 6.92 Å². The van der Waals surface area contributed by atoms with Crippen molar-refractivity contribution in [2.24, 2.45) is 0 Å². The molecule has 146 valence electrons. The molecule has 1 aliphatic carbocycles. The summed E-state index contributed by atoms with van der Waals surface area (Å²) in [7, 11) is 4.01. The van der Waals surface area contributed by atoms with Crippen LogP contribution in [0.1, 0.15) is 36.0 Å². The summed E-state index contributed by atoms with van der Waals surface area (Å²) in [5.41, 5.74) is 3.03. The maximum absolute atomic E-state index is 12.3. The molecule has 1 aromatic carbocycles. The maximum atomic E-state index is 12.3. The number of amides is 1. The molecule has 1 aromatic heterocycles. The van der Waals surface area contributed by atoms with E-state index >= 15 is 0 Å². The molecule has 27 heavy (non-hydrogen) atoms. The molecule has 0 bridgehead atoms. The predicted molar refractivity (Wildman–Crippen MR) is 106 cm³/mol. The highest BCUT2D eigenvalue weighted by molar-refractivity contribution is 5.86. The minimum Gasteiger partial charge on any atom is -0.483 e. The number of nitrogens with zero attached hydrogens (tertiary/aromatic N) is 1. The third-order valence-corrected chi connectivity index (χ3v) is 5.05. The Bertz CT molecular complexity index is 886. The molecule has 0 spiro atoms. The average molecular weight is 372 g/mol. The molecule has 3 rings (SSSR count). The van der Waals surface area contributed by atoms with Crippen LogP contribution in [0.3, 0.4) is 0 Å². The van der Waals surface area contributed by atoms with E-state index in [1.807, 2.05) is 33.2 Å². The second-order valence-corrected chi connectivity index (χ2v) is 7.41. The minimum atomic E-state index is -0.240. The van der Waals surface area contributed by atoms with Gasteiger partial charge in [-0.15, -0.1) is 0 Å². The fraction of sp³-hybridized carbons (Fsp3) is 0.524. The van der Waals surface area contributed by atoms with Crippen molar-refractivity contribution in [2.75, 3.05) is 33.8 Å². The minimum absolute atomic E-state index is 0.0521. The van der Waals surface area contributed by atoms with Crippen LogP contribution in [0.15, 0.2) is 21.3 Å². The van der Waals surface area contributed by atoms with Crippen LogP contribution in [0.4, 0.5) is 0 Å². The van der Waals surface area contributed by atoms with Gasteiger partial charge in [-0.25, -0.2) is 4.79 Å². The van der Waals surface area contributed by atoms with Gasteiger partial charge in [0.15, 0.2) is 6.61 Å². The quantitative estimate of drug-likeness (QED) is 0.597. The lowest BCUT2D eigenvalue weighted by Gasteiger charge is -2.18. The number of hydrogen-bond acceptors (Lipinski definition) is 5. The van der Waals surface area contributed by atoms with Gasteiger partial charge in [-0.3, -0.25) is 4.79 Å². The van der Waals surface area contributed by atoms with Gasteiger partial charge in [0, 0.05) is 23.1 Å². The van der Waals surface area contributed by atoms with Gasteiger partial charge in [0.25, 0.3) is 5.91 Å². The first-order chi connectivity index (χ1) is 13.0. The van der Waals surface area contributed by atoms with Gasteiger partial charge in [-0.2, -0.15) is 0 Å². The van der Waals surface area contributed by atoms with Gasteiger partial charge in [0.05, 0.1) is 0 Å². The van der Waals surface area contributed by atoms with Gasteiger partial charge in [0.2, 0.25) is 0 Å². The van der Waals surface area contributed by atoms with Crippen LogP contribution in [-0.2, 0) is 17.6 Å². The Morgan fingerprint density at radius 3 is 2.70 bits per heavy atom. The van der Waals surface area contributed by atoms with Gasteiger partial charge < -0.3 is 19.4 Å². The summed E-state index contributed by atoms with van der Waals surface area (Å²) in [6.07, 6.45) is 4.72. The Morgan fingerprint density at radius 1 is 1.22 bits per heavy atom. The molecule has 1 aliphatic rings. The number of aryl methyl sites for hydroxylation is 2. The Labute approximate surface area is 159 Å². The lowest BCUT2D eigenvalue weighted by atomic mass is 9.90. The molecule has 0 radical (unpaired) electrons. The molecule has 1 heterocycles. The number of ether oxygens (including phenoxy) is 1. The zero-order valence-electron chi connectivity index (χ0n) is 16.4. The number of carbonyl (C=O) groups is 1. The molecule has 6 heteroatoms. The highest BCUT2D eigenvalue weighted by Crippen LogP contribution is 2.32. The van der Waals surface area contributed by atoms with E-state index < -0.39 is 0 Å². The van der Waals surface area contributed by atoms with E-state index in [4.69, 9.17) is 9.15 Å². The summed E-state index contributed by atoms with van der Waals surface area (Å²) in [4.78, 5) is 26.4. The topological polar surface area (TPSA) is 71.8 Å². The largest absolute Gasteiger partial charge is 0.483 e. The Balaban J connectivity index is 1.70. The second-order valence-electron chi connectivity index (χ2n) is 7.41. The highest BCUT2D eigenvalue weighted by atomic mass is 16.5. The van der Waals surface area contributed by atoms with Crippen LogP contribution in [0.2, 0.25) is 0 Å². The van der Waals surface area contributed by atoms with E-state index in [2.05, 4.69) is 10.2 Å². The fourth-order valence-electron chi connectivity index (χ4n) is 3.60. The summed E-state index contributed by atoms with van der Waals surface area (Å²) >= 11 is 0. The fourth-order valence-corrected chi connectivity index (χ4v) is 3.60. The van der Waals surface area contributed by atoms with Crippen molar-refractivity contribution >= 4 is 16.9 Å². The van der Waals surface area contributed by atoms with E-state index in [0.29, 0.717) is 17.9 Å². The second kappa shape index (κ2) is 8.57. The lowest BCUT2D eigenvalue weighted by Crippen LogP contribution is -2.31. The number of carbonyl (C=O) groups excluding carboxylic acids is 1. The molecule has 0 unspecified atom stereocenters. The summed E-state index contributed by atoms with van der Waals surface area (Å²) in [6, 6.07) is 3.81. The van der Waals surface area contributed by atoms with Crippen molar-refractivity contribution in [3.05, 3.63) is 39.2 Å².